The van der Waals surface area contributed by atoms with Crippen LogP contribution in [-0.2, 0) is 0 Å². The molecule has 1 unspecified atom stereocenters. The van der Waals surface area contributed by atoms with E-state index in [0.29, 0.717) is 21.4 Å². The van der Waals surface area contributed by atoms with Crippen molar-refractivity contribution >= 4 is 29.1 Å². The lowest BCUT2D eigenvalue weighted by Crippen LogP contribution is -2.26. The van der Waals surface area contributed by atoms with E-state index < -0.39 is 0 Å². The maximum atomic E-state index is 12.0. The second-order valence-electron chi connectivity index (χ2n) is 3.84. The third-order valence-corrected chi connectivity index (χ3v) is 3.24. The summed E-state index contributed by atoms with van der Waals surface area (Å²) in [6, 6.07) is 8.13. The second-order valence-corrected chi connectivity index (χ2v) is 4.65. The predicted octanol–water partition coefficient (Wildman–Crippen LogP) is 4.08. The molecule has 1 amide bonds. The highest BCUT2D eigenvalue weighted by Gasteiger charge is 2.14. The van der Waals surface area contributed by atoms with Crippen LogP contribution in [0.25, 0.3) is 0 Å². The number of furan rings is 1. The van der Waals surface area contributed by atoms with Gasteiger partial charge in [-0.2, -0.15) is 0 Å². The molecule has 3 nitrogen and oxygen atoms in total. The number of carbonyl (C=O) groups excluding carboxylic acids is 1. The Balaban J connectivity index is 2.10. The fourth-order valence-electron chi connectivity index (χ4n) is 1.53. The molecule has 0 fully saturated rings. The molecular weight excluding hydrogens is 273 g/mol. The summed E-state index contributed by atoms with van der Waals surface area (Å²) in [5.41, 5.74) is 0.461. The first kappa shape index (κ1) is 13.0. The summed E-state index contributed by atoms with van der Waals surface area (Å²) in [7, 11) is 0. The summed E-state index contributed by atoms with van der Waals surface area (Å²) in [5, 5.41) is 3.59. The molecule has 0 aliphatic carbocycles. The van der Waals surface area contributed by atoms with E-state index in [0.717, 1.165) is 0 Å². The molecule has 1 N–H and O–H groups in total. The highest BCUT2D eigenvalue weighted by molar-refractivity contribution is 6.42. The number of amides is 1. The Morgan fingerprint density at radius 1 is 1.28 bits per heavy atom. The van der Waals surface area contributed by atoms with Crippen LogP contribution in [0.15, 0.2) is 41.0 Å². The van der Waals surface area contributed by atoms with Crippen LogP contribution in [0.5, 0.6) is 0 Å². The molecule has 0 spiro atoms. The maximum Gasteiger partial charge on any atom is 0.251 e. The quantitative estimate of drug-likeness (QED) is 0.922. The Labute approximate surface area is 115 Å². The van der Waals surface area contributed by atoms with Crippen molar-refractivity contribution in [1.82, 2.24) is 5.32 Å². The van der Waals surface area contributed by atoms with Gasteiger partial charge in [-0.1, -0.05) is 23.2 Å². The monoisotopic (exact) mass is 283 g/mol. The molecular formula is C13H11Cl2NO2. The second kappa shape index (κ2) is 5.46. The number of hydrogen-bond donors (Lipinski definition) is 1. The molecule has 2 aromatic rings. The molecule has 1 aromatic heterocycles. The zero-order chi connectivity index (χ0) is 13.1. The van der Waals surface area contributed by atoms with Crippen molar-refractivity contribution in [2.24, 2.45) is 0 Å². The first-order valence-electron chi connectivity index (χ1n) is 5.37. The van der Waals surface area contributed by atoms with Crippen molar-refractivity contribution in [3.8, 4) is 0 Å². The molecule has 1 aromatic carbocycles. The minimum absolute atomic E-state index is 0.207. The van der Waals surface area contributed by atoms with Crippen molar-refractivity contribution in [2.75, 3.05) is 0 Å². The third-order valence-electron chi connectivity index (χ3n) is 2.50. The van der Waals surface area contributed by atoms with E-state index in [4.69, 9.17) is 27.6 Å². The summed E-state index contributed by atoms with van der Waals surface area (Å²) in [5.74, 6) is 0.473. The average Bonchev–Trinajstić information content (AvgIpc) is 2.86. The van der Waals surface area contributed by atoms with Crippen molar-refractivity contribution in [1.29, 1.82) is 0 Å². The molecule has 0 aliphatic heterocycles. The van der Waals surface area contributed by atoms with Gasteiger partial charge in [-0.05, 0) is 37.3 Å². The van der Waals surface area contributed by atoms with Gasteiger partial charge in [-0.15, -0.1) is 0 Å². The molecule has 1 heterocycles. The smallest absolute Gasteiger partial charge is 0.251 e. The summed E-state index contributed by atoms with van der Waals surface area (Å²) in [6.07, 6.45) is 1.57. The number of rotatable bonds is 3. The Kier molecular flexibility index (Phi) is 3.94. The number of nitrogens with one attached hydrogen (secondary N) is 1. The van der Waals surface area contributed by atoms with Gasteiger partial charge < -0.3 is 9.73 Å². The van der Waals surface area contributed by atoms with Gasteiger partial charge in [0.25, 0.3) is 5.91 Å². The predicted molar refractivity (Wildman–Crippen MR) is 71.1 cm³/mol. The Morgan fingerprint density at radius 2 is 2.06 bits per heavy atom. The van der Waals surface area contributed by atoms with Gasteiger partial charge in [0.1, 0.15) is 5.76 Å². The fourth-order valence-corrected chi connectivity index (χ4v) is 1.82. The van der Waals surface area contributed by atoms with Crippen LogP contribution in [0.4, 0.5) is 0 Å². The summed E-state index contributed by atoms with van der Waals surface area (Å²) in [6.45, 7) is 1.84. The summed E-state index contributed by atoms with van der Waals surface area (Å²) in [4.78, 5) is 12.0. The molecule has 5 heteroatoms. The Hall–Kier alpha value is -1.45. The number of hydrogen-bond acceptors (Lipinski definition) is 2. The van der Waals surface area contributed by atoms with Crippen LogP contribution in [0.3, 0.4) is 0 Å². The van der Waals surface area contributed by atoms with Gasteiger partial charge in [0.05, 0.1) is 22.4 Å². The van der Waals surface area contributed by atoms with Crippen LogP contribution < -0.4 is 5.32 Å². The lowest BCUT2D eigenvalue weighted by atomic mass is 10.2. The molecule has 2 rings (SSSR count). The largest absolute Gasteiger partial charge is 0.467 e. The Bertz CT molecular complexity index is 552. The van der Waals surface area contributed by atoms with Crippen molar-refractivity contribution in [3.05, 3.63) is 58.0 Å². The van der Waals surface area contributed by atoms with Crippen LogP contribution in [-0.4, -0.2) is 5.91 Å². The van der Waals surface area contributed by atoms with E-state index in [2.05, 4.69) is 5.32 Å². The van der Waals surface area contributed by atoms with Crippen LogP contribution >= 0.6 is 23.2 Å². The molecule has 1 atom stereocenters. The molecule has 0 saturated carbocycles. The third kappa shape index (κ3) is 2.86. The molecule has 0 bridgehead atoms. The van der Waals surface area contributed by atoms with Gasteiger partial charge in [0, 0.05) is 5.56 Å². The van der Waals surface area contributed by atoms with Gasteiger partial charge in [-0.25, -0.2) is 0 Å². The van der Waals surface area contributed by atoms with E-state index in [1.165, 1.54) is 6.07 Å². The normalized spacial score (nSPS) is 12.2. The number of benzene rings is 1. The zero-order valence-electron chi connectivity index (χ0n) is 9.61. The van der Waals surface area contributed by atoms with E-state index in [9.17, 15) is 4.79 Å². The number of carbonyl (C=O) groups is 1. The maximum absolute atomic E-state index is 12.0. The minimum Gasteiger partial charge on any atom is -0.467 e. The van der Waals surface area contributed by atoms with Crippen molar-refractivity contribution in [2.45, 2.75) is 13.0 Å². The molecule has 0 radical (unpaired) electrons. The van der Waals surface area contributed by atoms with Crippen molar-refractivity contribution in [3.63, 3.8) is 0 Å². The minimum atomic E-state index is -0.225. The lowest BCUT2D eigenvalue weighted by Gasteiger charge is -2.11. The Morgan fingerprint density at radius 3 is 2.67 bits per heavy atom. The molecule has 94 valence electrons. The van der Waals surface area contributed by atoms with Gasteiger partial charge in [0.2, 0.25) is 0 Å². The van der Waals surface area contributed by atoms with E-state index in [1.807, 2.05) is 6.92 Å². The van der Waals surface area contributed by atoms with Crippen molar-refractivity contribution < 1.29 is 9.21 Å². The van der Waals surface area contributed by atoms with Gasteiger partial charge in [0.15, 0.2) is 0 Å². The molecule has 18 heavy (non-hydrogen) atoms. The topological polar surface area (TPSA) is 42.2 Å². The lowest BCUT2D eigenvalue weighted by molar-refractivity contribution is 0.0935. The highest BCUT2D eigenvalue weighted by Crippen LogP contribution is 2.23. The van der Waals surface area contributed by atoms with Gasteiger partial charge >= 0.3 is 0 Å². The van der Waals surface area contributed by atoms with Gasteiger partial charge in [-0.3, -0.25) is 4.79 Å². The summed E-state index contributed by atoms with van der Waals surface area (Å²) < 4.78 is 5.21. The average molecular weight is 284 g/mol. The first-order valence-corrected chi connectivity index (χ1v) is 6.13. The summed E-state index contributed by atoms with van der Waals surface area (Å²) >= 11 is 11.7. The standard InChI is InChI=1S/C13H11Cl2NO2/c1-8(12-3-2-6-18-12)16-13(17)9-4-5-10(14)11(15)7-9/h2-8H,1H3,(H,16,17). The fraction of sp³-hybridized carbons (Fsp3) is 0.154. The van der Waals surface area contributed by atoms with E-state index in [1.54, 1.807) is 30.5 Å². The van der Waals surface area contributed by atoms with Crippen LogP contribution in [0.1, 0.15) is 29.1 Å². The van der Waals surface area contributed by atoms with E-state index in [-0.39, 0.29) is 11.9 Å². The highest BCUT2D eigenvalue weighted by atomic mass is 35.5. The number of halogens is 2. The van der Waals surface area contributed by atoms with E-state index >= 15 is 0 Å². The zero-order valence-corrected chi connectivity index (χ0v) is 11.1. The molecule has 0 saturated heterocycles. The SMILES string of the molecule is CC(NC(=O)c1ccc(Cl)c(Cl)c1)c1ccco1. The van der Waals surface area contributed by atoms with Crippen LogP contribution in [0, 0.1) is 0 Å². The molecule has 0 aliphatic rings. The van der Waals surface area contributed by atoms with Crippen LogP contribution in [0.2, 0.25) is 10.0 Å². The first-order chi connectivity index (χ1) is 8.58.